The molecular weight excluding hydrogens is 214 g/mol. The van der Waals surface area contributed by atoms with E-state index in [0.717, 1.165) is 24.4 Å². The summed E-state index contributed by atoms with van der Waals surface area (Å²) in [4.78, 5) is 20.8. The Kier molecular flexibility index (Phi) is 5.20. The number of nitrogens with zero attached hydrogens (tertiary/aromatic N) is 2. The van der Waals surface area contributed by atoms with Crippen LogP contribution < -0.4 is 0 Å². The maximum atomic E-state index is 11.8. The summed E-state index contributed by atoms with van der Waals surface area (Å²) in [6.07, 6.45) is 7.58. The minimum atomic E-state index is 0.0268. The maximum Gasteiger partial charge on any atom is 0.246 e. The number of carbonyl (C=O) groups excluding carboxylic acids is 1. The highest BCUT2D eigenvalue weighted by Crippen LogP contribution is 2.09. The van der Waals surface area contributed by atoms with Crippen molar-refractivity contribution in [1.29, 1.82) is 0 Å². The summed E-state index contributed by atoms with van der Waals surface area (Å²) in [6, 6.07) is 0. The smallest absolute Gasteiger partial charge is 0.246 e. The fraction of sp³-hybridized carbons (Fsp3) is 0.385. The van der Waals surface area contributed by atoms with Crippen LogP contribution in [0.3, 0.4) is 0 Å². The highest BCUT2D eigenvalue weighted by molar-refractivity contribution is 5.87. The molecule has 0 bridgehead atoms. The Morgan fingerprint density at radius 3 is 3.00 bits per heavy atom. The number of hydrogen-bond acceptors (Lipinski definition) is 2. The van der Waals surface area contributed by atoms with E-state index in [2.05, 4.69) is 23.5 Å². The largest absolute Gasteiger partial charge is 0.346 e. The summed E-state index contributed by atoms with van der Waals surface area (Å²) in [5.41, 5.74) is 1.73. The van der Waals surface area contributed by atoms with Gasteiger partial charge in [-0.2, -0.15) is 0 Å². The van der Waals surface area contributed by atoms with Crippen LogP contribution >= 0.6 is 0 Å². The van der Waals surface area contributed by atoms with E-state index in [1.807, 2.05) is 6.92 Å². The van der Waals surface area contributed by atoms with Crippen molar-refractivity contribution in [2.75, 3.05) is 6.54 Å². The number of amides is 1. The summed E-state index contributed by atoms with van der Waals surface area (Å²) in [6.45, 7) is 8.87. The number of rotatable bonds is 6. The summed E-state index contributed by atoms with van der Waals surface area (Å²) in [7, 11) is 0. The van der Waals surface area contributed by atoms with Crippen molar-refractivity contribution in [1.82, 2.24) is 14.9 Å². The normalized spacial score (nSPS) is 10.7. The Labute approximate surface area is 102 Å². The number of hydrogen-bond donors (Lipinski definition) is 1. The number of nitrogens with one attached hydrogen (secondary N) is 1. The molecule has 0 fully saturated rings. The van der Waals surface area contributed by atoms with Crippen molar-refractivity contribution in [2.24, 2.45) is 0 Å². The van der Waals surface area contributed by atoms with Crippen molar-refractivity contribution >= 4 is 12.0 Å². The monoisotopic (exact) mass is 233 g/mol. The van der Waals surface area contributed by atoms with Crippen molar-refractivity contribution in [3.63, 3.8) is 0 Å². The second-order valence-electron chi connectivity index (χ2n) is 3.73. The lowest BCUT2D eigenvalue weighted by Gasteiger charge is -2.20. The van der Waals surface area contributed by atoms with Crippen molar-refractivity contribution in [2.45, 2.75) is 26.8 Å². The first-order valence-electron chi connectivity index (χ1n) is 5.79. The van der Waals surface area contributed by atoms with Crippen LogP contribution in [0.1, 0.15) is 31.7 Å². The van der Waals surface area contributed by atoms with Gasteiger partial charge in [-0.25, -0.2) is 4.98 Å². The number of imidazole rings is 1. The van der Waals surface area contributed by atoms with Crippen LogP contribution in [-0.4, -0.2) is 27.3 Å². The lowest BCUT2D eigenvalue weighted by molar-refractivity contribution is -0.126. The zero-order valence-electron chi connectivity index (χ0n) is 10.4. The van der Waals surface area contributed by atoms with Gasteiger partial charge in [0.15, 0.2) is 0 Å². The maximum absolute atomic E-state index is 11.8. The Morgan fingerprint density at radius 2 is 2.41 bits per heavy atom. The summed E-state index contributed by atoms with van der Waals surface area (Å²) < 4.78 is 0. The Hall–Kier alpha value is -1.84. The van der Waals surface area contributed by atoms with Gasteiger partial charge in [-0.05, 0) is 25.5 Å². The first-order valence-corrected chi connectivity index (χ1v) is 5.79. The van der Waals surface area contributed by atoms with E-state index < -0.39 is 0 Å². The molecule has 92 valence electrons. The fourth-order valence-electron chi connectivity index (χ4n) is 1.61. The Morgan fingerprint density at radius 1 is 1.65 bits per heavy atom. The molecule has 1 amide bonds. The average Bonchev–Trinajstić information content (AvgIpc) is 2.76. The van der Waals surface area contributed by atoms with Gasteiger partial charge < -0.3 is 9.88 Å². The topological polar surface area (TPSA) is 49.0 Å². The van der Waals surface area contributed by atoms with Gasteiger partial charge in [0, 0.05) is 6.54 Å². The van der Waals surface area contributed by atoms with Crippen LogP contribution in [0, 0.1) is 0 Å². The van der Waals surface area contributed by atoms with E-state index in [4.69, 9.17) is 0 Å². The number of allylic oxidation sites excluding steroid dienone is 1. The van der Waals surface area contributed by atoms with Gasteiger partial charge in [-0.15, -0.1) is 0 Å². The molecule has 0 aromatic carbocycles. The van der Waals surface area contributed by atoms with Crippen molar-refractivity contribution < 1.29 is 4.79 Å². The molecule has 0 saturated heterocycles. The summed E-state index contributed by atoms with van der Waals surface area (Å²) in [5.74, 6) is 0.0268. The molecule has 0 unspecified atom stereocenters. The van der Waals surface area contributed by atoms with Gasteiger partial charge in [0.25, 0.3) is 0 Å². The molecule has 17 heavy (non-hydrogen) atoms. The van der Waals surface area contributed by atoms with Crippen LogP contribution in [0.25, 0.3) is 6.08 Å². The van der Waals surface area contributed by atoms with Gasteiger partial charge in [0.1, 0.15) is 0 Å². The highest BCUT2D eigenvalue weighted by atomic mass is 16.2. The average molecular weight is 233 g/mol. The van der Waals surface area contributed by atoms with Gasteiger partial charge >= 0.3 is 0 Å². The molecule has 0 aliphatic carbocycles. The third-order valence-electron chi connectivity index (χ3n) is 2.41. The summed E-state index contributed by atoms with van der Waals surface area (Å²) in [5, 5.41) is 0. The molecular formula is C13H19N3O. The number of aromatic amines is 1. The third kappa shape index (κ3) is 3.59. The molecule has 0 spiro atoms. The second kappa shape index (κ2) is 6.68. The van der Waals surface area contributed by atoms with Gasteiger partial charge in [0.05, 0.1) is 24.3 Å². The molecule has 0 saturated carbocycles. The second-order valence-corrected chi connectivity index (χ2v) is 3.73. The molecule has 1 aromatic rings. The van der Waals surface area contributed by atoms with E-state index in [1.165, 1.54) is 0 Å². The predicted molar refractivity (Wildman–Crippen MR) is 69.2 cm³/mol. The molecule has 1 aromatic heterocycles. The quantitative estimate of drug-likeness (QED) is 0.767. The molecule has 1 N–H and O–H groups in total. The van der Waals surface area contributed by atoms with E-state index in [1.54, 1.807) is 29.5 Å². The van der Waals surface area contributed by atoms with Crippen molar-refractivity contribution in [3.05, 3.63) is 36.4 Å². The fourth-order valence-corrected chi connectivity index (χ4v) is 1.61. The zero-order chi connectivity index (χ0) is 12.7. The molecule has 0 radical (unpaired) electrons. The SMILES string of the molecule is C=Cc1nc[nH]c1CN(CCC)C(=O)/C=C/C. The van der Waals surface area contributed by atoms with E-state index in [-0.39, 0.29) is 5.91 Å². The molecule has 1 rings (SSSR count). The standard InChI is InChI=1S/C13H19N3O/c1-4-7-13(17)16(8-5-2)9-12-11(6-3)14-10-15-12/h4,6-7,10H,3,5,8-9H2,1-2H3,(H,14,15)/b7-4+. The predicted octanol–water partition coefficient (Wildman–Crippen LogP) is 2.37. The number of aromatic nitrogens is 2. The molecule has 0 atom stereocenters. The minimum absolute atomic E-state index is 0.0268. The van der Waals surface area contributed by atoms with Gasteiger partial charge in [-0.1, -0.05) is 19.6 Å². The lowest BCUT2D eigenvalue weighted by Crippen LogP contribution is -2.30. The highest BCUT2D eigenvalue weighted by Gasteiger charge is 2.12. The zero-order valence-corrected chi connectivity index (χ0v) is 10.4. The molecule has 0 aliphatic heterocycles. The first-order chi connectivity index (χ1) is 8.22. The molecule has 1 heterocycles. The van der Waals surface area contributed by atoms with Crippen molar-refractivity contribution in [3.8, 4) is 0 Å². The molecule has 4 nitrogen and oxygen atoms in total. The van der Waals surface area contributed by atoms with E-state index in [9.17, 15) is 4.79 Å². The van der Waals surface area contributed by atoms with Crippen LogP contribution in [0.2, 0.25) is 0 Å². The first kappa shape index (κ1) is 13.2. The van der Waals surface area contributed by atoms with E-state index in [0.29, 0.717) is 6.54 Å². The molecule has 0 aliphatic rings. The van der Waals surface area contributed by atoms with Crippen LogP contribution in [0.15, 0.2) is 25.1 Å². The third-order valence-corrected chi connectivity index (χ3v) is 2.41. The van der Waals surface area contributed by atoms with Crippen LogP contribution in [0.4, 0.5) is 0 Å². The lowest BCUT2D eigenvalue weighted by atomic mass is 10.2. The van der Waals surface area contributed by atoms with Crippen LogP contribution in [0.5, 0.6) is 0 Å². The Balaban J connectivity index is 2.79. The minimum Gasteiger partial charge on any atom is -0.346 e. The Bertz CT molecular complexity index is 407. The van der Waals surface area contributed by atoms with Crippen LogP contribution in [-0.2, 0) is 11.3 Å². The molecule has 4 heteroatoms. The number of H-pyrrole nitrogens is 1. The number of carbonyl (C=O) groups is 1. The van der Waals surface area contributed by atoms with E-state index >= 15 is 0 Å². The van der Waals surface area contributed by atoms with Gasteiger partial charge in [-0.3, -0.25) is 4.79 Å². The van der Waals surface area contributed by atoms with Gasteiger partial charge in [0.2, 0.25) is 5.91 Å². The summed E-state index contributed by atoms with van der Waals surface area (Å²) >= 11 is 0.